The van der Waals surface area contributed by atoms with Gasteiger partial charge in [-0.05, 0) is 30.3 Å². The number of carbonyl (C=O) groups excluding carboxylic acids is 1. The molecule has 146 valence electrons. The number of nitrogens with zero attached hydrogens (tertiary/aromatic N) is 5. The van der Waals surface area contributed by atoms with E-state index in [1.807, 2.05) is 4.90 Å². The summed E-state index contributed by atoms with van der Waals surface area (Å²) < 4.78 is 25.7. The first-order valence-corrected chi connectivity index (χ1v) is 10.2. The molecule has 0 aliphatic carbocycles. The van der Waals surface area contributed by atoms with Gasteiger partial charge in [-0.1, -0.05) is 6.07 Å². The minimum absolute atomic E-state index is 0.0918. The smallest absolute Gasteiger partial charge is 0.254 e. The molecular formula is C19H21N5O3S. The quantitative estimate of drug-likeness (QED) is 0.765. The fourth-order valence-electron chi connectivity index (χ4n) is 3.04. The van der Waals surface area contributed by atoms with Crippen LogP contribution in [-0.4, -0.2) is 68.8 Å². The maximum Gasteiger partial charge on any atom is 0.254 e. The molecule has 3 rings (SSSR count). The number of rotatable bonds is 4. The SMILES string of the molecule is CN(C)S(=O)(=O)c1cccc(C(=O)N2CCN(c3ncccc3C#N)CC2)c1. The van der Waals surface area contributed by atoms with Crippen molar-refractivity contribution in [3.8, 4) is 6.07 Å². The summed E-state index contributed by atoms with van der Waals surface area (Å²) in [6.45, 7) is 2.02. The number of hydrogen-bond donors (Lipinski definition) is 0. The number of nitriles is 1. The van der Waals surface area contributed by atoms with Crippen molar-refractivity contribution in [3.63, 3.8) is 0 Å². The first kappa shape index (κ1) is 19.8. The van der Waals surface area contributed by atoms with Crippen LogP contribution in [0.4, 0.5) is 5.82 Å². The van der Waals surface area contributed by atoms with Gasteiger partial charge in [-0.25, -0.2) is 17.7 Å². The zero-order valence-corrected chi connectivity index (χ0v) is 16.6. The Labute approximate surface area is 164 Å². The van der Waals surface area contributed by atoms with E-state index in [9.17, 15) is 18.5 Å². The Morgan fingerprint density at radius 2 is 1.86 bits per heavy atom. The first-order valence-electron chi connectivity index (χ1n) is 8.76. The molecule has 1 amide bonds. The van der Waals surface area contributed by atoms with Crippen molar-refractivity contribution in [2.24, 2.45) is 0 Å². The largest absolute Gasteiger partial charge is 0.352 e. The van der Waals surface area contributed by atoms with E-state index in [0.717, 1.165) is 4.31 Å². The van der Waals surface area contributed by atoms with Gasteiger partial charge in [0.1, 0.15) is 11.9 Å². The molecule has 0 unspecified atom stereocenters. The predicted molar refractivity (Wildman–Crippen MR) is 104 cm³/mol. The number of hydrogen-bond acceptors (Lipinski definition) is 6. The van der Waals surface area contributed by atoms with Gasteiger partial charge in [0.05, 0.1) is 10.5 Å². The topological polar surface area (TPSA) is 97.6 Å². The average molecular weight is 399 g/mol. The van der Waals surface area contributed by atoms with E-state index in [-0.39, 0.29) is 10.8 Å². The molecule has 9 heteroatoms. The predicted octanol–water partition coefficient (Wildman–Crippen LogP) is 1.17. The first-order chi connectivity index (χ1) is 13.3. The van der Waals surface area contributed by atoms with Crippen LogP contribution in [0.1, 0.15) is 15.9 Å². The number of carbonyl (C=O) groups is 1. The Morgan fingerprint density at radius 3 is 2.50 bits per heavy atom. The molecule has 0 N–H and O–H groups in total. The molecule has 0 spiro atoms. The maximum atomic E-state index is 12.8. The summed E-state index contributed by atoms with van der Waals surface area (Å²) in [6, 6.07) is 11.7. The normalized spacial score (nSPS) is 14.8. The molecule has 0 radical (unpaired) electrons. The summed E-state index contributed by atoms with van der Waals surface area (Å²) in [6.07, 6.45) is 1.64. The molecule has 28 heavy (non-hydrogen) atoms. The second-order valence-electron chi connectivity index (χ2n) is 6.58. The van der Waals surface area contributed by atoms with E-state index in [0.29, 0.717) is 43.1 Å². The molecule has 1 aromatic heterocycles. The van der Waals surface area contributed by atoms with Gasteiger partial charge < -0.3 is 9.80 Å². The minimum Gasteiger partial charge on any atom is -0.352 e. The van der Waals surface area contributed by atoms with Crippen molar-refractivity contribution in [1.82, 2.24) is 14.2 Å². The Morgan fingerprint density at radius 1 is 1.14 bits per heavy atom. The number of amides is 1. The van der Waals surface area contributed by atoms with Crippen LogP contribution in [0.25, 0.3) is 0 Å². The van der Waals surface area contributed by atoms with Crippen molar-refractivity contribution >= 4 is 21.7 Å². The van der Waals surface area contributed by atoms with Gasteiger partial charge in [-0.2, -0.15) is 5.26 Å². The molecule has 2 aromatic rings. The van der Waals surface area contributed by atoms with Crippen molar-refractivity contribution in [2.75, 3.05) is 45.2 Å². The standard InChI is InChI=1S/C19H21N5O3S/c1-22(2)28(26,27)17-7-3-5-15(13-17)19(25)24-11-9-23(10-12-24)18-16(14-20)6-4-8-21-18/h3-8,13H,9-12H2,1-2H3. The molecule has 0 atom stereocenters. The van der Waals surface area contributed by atoms with Gasteiger partial charge in [-0.15, -0.1) is 0 Å². The molecule has 1 aliphatic heterocycles. The number of piperazine rings is 1. The van der Waals surface area contributed by atoms with E-state index in [1.165, 1.54) is 26.2 Å². The molecule has 2 heterocycles. The van der Waals surface area contributed by atoms with Crippen LogP contribution in [0.15, 0.2) is 47.5 Å². The van der Waals surface area contributed by atoms with E-state index in [1.54, 1.807) is 35.4 Å². The third-order valence-corrected chi connectivity index (χ3v) is 6.44. The summed E-state index contributed by atoms with van der Waals surface area (Å²) in [5.41, 5.74) is 0.843. The lowest BCUT2D eigenvalue weighted by atomic mass is 10.1. The lowest BCUT2D eigenvalue weighted by Crippen LogP contribution is -2.49. The fraction of sp³-hybridized carbons (Fsp3) is 0.316. The highest BCUT2D eigenvalue weighted by atomic mass is 32.2. The Hall–Kier alpha value is -2.96. The summed E-state index contributed by atoms with van der Waals surface area (Å²) >= 11 is 0. The van der Waals surface area contributed by atoms with Crippen LogP contribution in [-0.2, 0) is 10.0 Å². The van der Waals surface area contributed by atoms with Gasteiger partial charge in [0, 0.05) is 52.0 Å². The van der Waals surface area contributed by atoms with E-state index >= 15 is 0 Å². The van der Waals surface area contributed by atoms with Crippen molar-refractivity contribution in [1.29, 1.82) is 5.26 Å². The number of aromatic nitrogens is 1. The van der Waals surface area contributed by atoms with Crippen molar-refractivity contribution in [2.45, 2.75) is 4.90 Å². The highest BCUT2D eigenvalue weighted by molar-refractivity contribution is 7.89. The van der Waals surface area contributed by atoms with Gasteiger partial charge in [-0.3, -0.25) is 4.79 Å². The molecule has 1 fully saturated rings. The van der Waals surface area contributed by atoms with Gasteiger partial charge in [0.25, 0.3) is 5.91 Å². The molecule has 0 bridgehead atoms. The second kappa shape index (κ2) is 7.96. The minimum atomic E-state index is -3.60. The third-order valence-electron chi connectivity index (χ3n) is 4.63. The molecule has 8 nitrogen and oxygen atoms in total. The lowest BCUT2D eigenvalue weighted by molar-refractivity contribution is 0.0746. The van der Waals surface area contributed by atoms with Gasteiger partial charge in [0.2, 0.25) is 10.0 Å². The second-order valence-corrected chi connectivity index (χ2v) is 8.73. The van der Waals surface area contributed by atoms with Crippen LogP contribution in [0.3, 0.4) is 0 Å². The Kier molecular flexibility index (Phi) is 5.63. The summed E-state index contributed by atoms with van der Waals surface area (Å²) in [5.74, 6) is 0.410. The number of sulfonamides is 1. The highest BCUT2D eigenvalue weighted by Crippen LogP contribution is 2.20. The third kappa shape index (κ3) is 3.83. The lowest BCUT2D eigenvalue weighted by Gasteiger charge is -2.35. The van der Waals surface area contributed by atoms with E-state index < -0.39 is 10.0 Å². The van der Waals surface area contributed by atoms with Gasteiger partial charge in [0.15, 0.2) is 0 Å². The van der Waals surface area contributed by atoms with Crippen LogP contribution in [0, 0.1) is 11.3 Å². The zero-order valence-electron chi connectivity index (χ0n) is 15.7. The van der Waals surface area contributed by atoms with Crippen LogP contribution >= 0.6 is 0 Å². The highest BCUT2D eigenvalue weighted by Gasteiger charge is 2.25. The van der Waals surface area contributed by atoms with E-state index in [4.69, 9.17) is 0 Å². The zero-order chi connectivity index (χ0) is 20.3. The average Bonchev–Trinajstić information content (AvgIpc) is 2.73. The molecule has 0 saturated carbocycles. The monoisotopic (exact) mass is 399 g/mol. The molecule has 1 saturated heterocycles. The number of pyridine rings is 1. The number of benzene rings is 1. The van der Waals surface area contributed by atoms with Crippen molar-refractivity contribution < 1.29 is 13.2 Å². The summed E-state index contributed by atoms with van der Waals surface area (Å²) in [4.78, 5) is 20.9. The Balaban J connectivity index is 1.73. The van der Waals surface area contributed by atoms with Crippen LogP contribution in [0.5, 0.6) is 0 Å². The van der Waals surface area contributed by atoms with Crippen LogP contribution in [0.2, 0.25) is 0 Å². The van der Waals surface area contributed by atoms with Crippen LogP contribution < -0.4 is 4.90 Å². The Bertz CT molecular complexity index is 1020. The molecule has 1 aliphatic rings. The number of anilines is 1. The summed E-state index contributed by atoms with van der Waals surface area (Å²) in [5, 5.41) is 9.23. The fourth-order valence-corrected chi connectivity index (χ4v) is 3.99. The molecular weight excluding hydrogens is 378 g/mol. The summed E-state index contributed by atoms with van der Waals surface area (Å²) in [7, 11) is -0.692. The van der Waals surface area contributed by atoms with Crippen molar-refractivity contribution in [3.05, 3.63) is 53.7 Å². The van der Waals surface area contributed by atoms with Gasteiger partial charge >= 0.3 is 0 Å². The van der Waals surface area contributed by atoms with E-state index in [2.05, 4.69) is 11.1 Å². The maximum absolute atomic E-state index is 12.8. The molecule has 1 aromatic carbocycles.